The van der Waals surface area contributed by atoms with Crippen LogP contribution in [0, 0.1) is 0 Å². The lowest BCUT2D eigenvalue weighted by atomic mass is 9.89. The van der Waals surface area contributed by atoms with Crippen molar-refractivity contribution in [2.45, 2.75) is 38.2 Å². The highest BCUT2D eigenvalue weighted by Crippen LogP contribution is 2.40. The van der Waals surface area contributed by atoms with Crippen molar-refractivity contribution in [2.75, 3.05) is 10.6 Å². The molecule has 1 unspecified atom stereocenters. The van der Waals surface area contributed by atoms with Crippen LogP contribution in [0.25, 0.3) is 0 Å². The van der Waals surface area contributed by atoms with Gasteiger partial charge in [-0.3, -0.25) is 4.79 Å². The van der Waals surface area contributed by atoms with Gasteiger partial charge in [0.25, 0.3) is 5.91 Å². The fourth-order valence-electron chi connectivity index (χ4n) is 3.74. The van der Waals surface area contributed by atoms with Gasteiger partial charge in [-0.05, 0) is 50.1 Å². The molecule has 0 saturated carbocycles. The Morgan fingerprint density at radius 2 is 1.84 bits per heavy atom. The van der Waals surface area contributed by atoms with E-state index in [0.717, 1.165) is 24.1 Å². The second-order valence-corrected chi connectivity index (χ2v) is 7.97. The molecule has 1 atom stereocenters. The lowest BCUT2D eigenvalue weighted by Gasteiger charge is -2.38. The molecular formula is C22H21F3N4O2. The van der Waals surface area contributed by atoms with Crippen molar-refractivity contribution < 1.29 is 22.7 Å². The van der Waals surface area contributed by atoms with Gasteiger partial charge >= 0.3 is 6.36 Å². The lowest BCUT2D eigenvalue weighted by molar-refractivity contribution is -0.274. The molecule has 3 aromatic rings. The Bertz CT molecular complexity index is 1080. The molecule has 9 heteroatoms. The first kappa shape index (κ1) is 20.8. The predicted molar refractivity (Wildman–Crippen MR) is 110 cm³/mol. The summed E-state index contributed by atoms with van der Waals surface area (Å²) in [5.74, 6) is -0.176. The van der Waals surface area contributed by atoms with Crippen LogP contribution in [0.3, 0.4) is 0 Å². The molecule has 31 heavy (non-hydrogen) atoms. The largest absolute Gasteiger partial charge is 0.573 e. The van der Waals surface area contributed by atoms with Gasteiger partial charge < -0.3 is 15.4 Å². The van der Waals surface area contributed by atoms with Crippen molar-refractivity contribution in [1.29, 1.82) is 0 Å². The van der Waals surface area contributed by atoms with Gasteiger partial charge in [0.05, 0.1) is 17.8 Å². The van der Waals surface area contributed by atoms with Crippen molar-refractivity contribution >= 4 is 17.4 Å². The summed E-state index contributed by atoms with van der Waals surface area (Å²) in [6, 6.07) is 14.9. The van der Waals surface area contributed by atoms with E-state index in [1.807, 2.05) is 30.3 Å². The minimum Gasteiger partial charge on any atom is -0.406 e. The summed E-state index contributed by atoms with van der Waals surface area (Å²) in [6.45, 7) is 4.11. The number of carbonyl (C=O) groups excluding carboxylic acids is 1. The highest BCUT2D eigenvalue weighted by molar-refractivity contribution is 6.07. The average Bonchev–Trinajstić information content (AvgIpc) is 3.14. The van der Waals surface area contributed by atoms with E-state index in [1.165, 1.54) is 18.3 Å². The van der Waals surface area contributed by atoms with Gasteiger partial charge in [-0.25, -0.2) is 4.68 Å². The van der Waals surface area contributed by atoms with E-state index in [1.54, 1.807) is 4.68 Å². The molecule has 0 spiro atoms. The third-order valence-corrected chi connectivity index (χ3v) is 5.15. The van der Waals surface area contributed by atoms with Crippen LogP contribution in [-0.2, 0) is 5.54 Å². The summed E-state index contributed by atoms with van der Waals surface area (Å²) >= 11 is 0. The Morgan fingerprint density at radius 1 is 1.16 bits per heavy atom. The van der Waals surface area contributed by atoms with Crippen LogP contribution in [0.1, 0.15) is 42.2 Å². The first-order valence-corrected chi connectivity index (χ1v) is 9.69. The Hall–Kier alpha value is -3.49. The van der Waals surface area contributed by atoms with Gasteiger partial charge in [-0.2, -0.15) is 5.10 Å². The Labute approximate surface area is 177 Å². The van der Waals surface area contributed by atoms with Crippen molar-refractivity contribution in [3.05, 3.63) is 71.9 Å². The van der Waals surface area contributed by atoms with Gasteiger partial charge in [-0.1, -0.05) is 30.3 Å². The fraction of sp³-hybridized carbons (Fsp3) is 0.273. The van der Waals surface area contributed by atoms with Crippen molar-refractivity contribution in [1.82, 2.24) is 9.78 Å². The number of nitrogens with zero attached hydrogens (tertiary/aromatic N) is 2. The van der Waals surface area contributed by atoms with E-state index < -0.39 is 12.3 Å². The number of amides is 1. The van der Waals surface area contributed by atoms with Crippen LogP contribution in [0.2, 0.25) is 0 Å². The molecule has 0 aliphatic carbocycles. The number of rotatable bonds is 4. The van der Waals surface area contributed by atoms with Gasteiger partial charge in [-0.15, -0.1) is 13.2 Å². The fourth-order valence-corrected chi connectivity index (χ4v) is 3.74. The molecule has 1 aromatic heterocycles. The van der Waals surface area contributed by atoms with Crippen LogP contribution in [0.5, 0.6) is 5.75 Å². The molecule has 6 nitrogen and oxygen atoms in total. The quantitative estimate of drug-likeness (QED) is 0.587. The first-order valence-electron chi connectivity index (χ1n) is 9.69. The van der Waals surface area contributed by atoms with E-state index in [4.69, 9.17) is 0 Å². The highest BCUT2D eigenvalue weighted by Gasteiger charge is 2.36. The summed E-state index contributed by atoms with van der Waals surface area (Å²) in [5.41, 5.74) is 1.48. The zero-order chi connectivity index (χ0) is 22.2. The third-order valence-electron chi connectivity index (χ3n) is 5.15. The molecule has 1 aliphatic heterocycles. The number of carbonyl (C=O) groups is 1. The number of halogens is 3. The van der Waals surface area contributed by atoms with E-state index in [-0.39, 0.29) is 17.3 Å². The number of hydrogen-bond donors (Lipinski definition) is 2. The molecule has 2 aromatic carbocycles. The second kappa shape index (κ2) is 7.64. The molecule has 2 N–H and O–H groups in total. The molecule has 2 heterocycles. The smallest absolute Gasteiger partial charge is 0.406 e. The minimum atomic E-state index is -4.77. The van der Waals surface area contributed by atoms with Crippen LogP contribution < -0.4 is 15.4 Å². The Balaban J connectivity index is 1.55. The summed E-state index contributed by atoms with van der Waals surface area (Å²) < 4.78 is 42.6. The number of anilines is 2. The van der Waals surface area contributed by atoms with E-state index >= 15 is 0 Å². The number of nitrogens with one attached hydrogen (secondary N) is 2. The van der Waals surface area contributed by atoms with Gasteiger partial charge in [0.1, 0.15) is 17.1 Å². The van der Waals surface area contributed by atoms with Crippen LogP contribution >= 0.6 is 0 Å². The van der Waals surface area contributed by atoms with E-state index in [9.17, 15) is 18.0 Å². The van der Waals surface area contributed by atoms with Gasteiger partial charge in [0, 0.05) is 5.69 Å². The van der Waals surface area contributed by atoms with E-state index in [2.05, 4.69) is 34.3 Å². The monoisotopic (exact) mass is 430 g/mol. The Morgan fingerprint density at radius 3 is 2.48 bits per heavy atom. The van der Waals surface area contributed by atoms with Gasteiger partial charge in [0.2, 0.25) is 0 Å². The summed E-state index contributed by atoms with van der Waals surface area (Å²) in [4.78, 5) is 12.9. The first-order chi connectivity index (χ1) is 14.6. The van der Waals surface area contributed by atoms with Crippen molar-refractivity contribution in [3.63, 3.8) is 0 Å². The molecule has 1 aliphatic rings. The summed E-state index contributed by atoms with van der Waals surface area (Å²) in [5, 5.41) is 10.5. The lowest BCUT2D eigenvalue weighted by Crippen LogP contribution is -2.38. The molecule has 1 amide bonds. The number of aromatic nitrogens is 2. The number of benzene rings is 2. The van der Waals surface area contributed by atoms with E-state index in [0.29, 0.717) is 17.1 Å². The molecule has 0 fully saturated rings. The second-order valence-electron chi connectivity index (χ2n) is 7.97. The van der Waals surface area contributed by atoms with Crippen LogP contribution in [-0.4, -0.2) is 22.1 Å². The van der Waals surface area contributed by atoms with Gasteiger partial charge in [0.15, 0.2) is 0 Å². The number of alkyl halides is 3. The zero-order valence-corrected chi connectivity index (χ0v) is 16.9. The number of ether oxygens (including phenoxy) is 1. The van der Waals surface area contributed by atoms with Crippen molar-refractivity contribution in [3.8, 4) is 5.75 Å². The third kappa shape index (κ3) is 4.50. The highest BCUT2D eigenvalue weighted by atomic mass is 19.4. The summed E-state index contributed by atoms with van der Waals surface area (Å²) in [7, 11) is 0. The predicted octanol–water partition coefficient (Wildman–Crippen LogP) is 5.33. The maximum absolute atomic E-state index is 12.9. The number of fused-ring (bicyclic) bond motifs is 1. The molecule has 0 saturated heterocycles. The Kier molecular flexibility index (Phi) is 5.12. The topological polar surface area (TPSA) is 68.2 Å². The molecule has 0 radical (unpaired) electrons. The van der Waals surface area contributed by atoms with Crippen LogP contribution in [0.15, 0.2) is 60.8 Å². The zero-order valence-electron chi connectivity index (χ0n) is 16.9. The molecular weight excluding hydrogens is 409 g/mol. The normalized spacial score (nSPS) is 17.4. The standard InChI is InChI=1S/C22H21F3N4O2/c1-21(2)12-18(14-6-4-3-5-7-14)28-19-17(13-26-29(19)21)20(30)27-15-8-10-16(11-9-15)31-22(23,24)25/h3-11,13,18,28H,12H2,1-2H3,(H,27,30). The molecule has 162 valence electrons. The minimum absolute atomic E-state index is 0.00532. The average molecular weight is 430 g/mol. The summed E-state index contributed by atoms with van der Waals surface area (Å²) in [6.07, 6.45) is -2.49. The maximum atomic E-state index is 12.9. The molecule has 0 bridgehead atoms. The van der Waals surface area contributed by atoms with Crippen LogP contribution in [0.4, 0.5) is 24.7 Å². The molecule has 4 rings (SSSR count). The van der Waals surface area contributed by atoms with Crippen molar-refractivity contribution in [2.24, 2.45) is 0 Å². The SMILES string of the molecule is CC1(C)CC(c2ccccc2)Nc2c(C(=O)Nc3ccc(OC(F)(F)F)cc3)cnn21. The number of hydrogen-bond acceptors (Lipinski definition) is 4. The maximum Gasteiger partial charge on any atom is 0.573 e.